The van der Waals surface area contributed by atoms with Gasteiger partial charge in [0.05, 0.1) is 0 Å². The Labute approximate surface area is 330 Å². The van der Waals surface area contributed by atoms with Crippen LogP contribution in [-0.2, 0) is 0 Å². The maximum absolute atomic E-state index is 6.61. The van der Waals surface area contributed by atoms with E-state index in [0.29, 0.717) is 17.5 Å². The molecule has 4 nitrogen and oxygen atoms in total. The largest absolute Gasteiger partial charge is 0.456 e. The number of allylic oxidation sites excluding steroid dienone is 4. The third kappa shape index (κ3) is 6.09. The zero-order chi connectivity index (χ0) is 37.7. The monoisotopic (exact) mass is 729 g/mol. The predicted octanol–water partition coefficient (Wildman–Crippen LogP) is 14.1. The van der Waals surface area contributed by atoms with Crippen LogP contribution in [0.2, 0.25) is 0 Å². The van der Waals surface area contributed by atoms with E-state index < -0.39 is 0 Å². The van der Waals surface area contributed by atoms with Gasteiger partial charge in [-0.15, -0.1) is 0 Å². The van der Waals surface area contributed by atoms with Crippen molar-refractivity contribution >= 4 is 49.1 Å². The van der Waals surface area contributed by atoms with E-state index in [1.165, 1.54) is 27.3 Å². The number of para-hydroxylation sites is 1. The van der Waals surface area contributed by atoms with Gasteiger partial charge in [-0.05, 0) is 116 Å². The number of furan rings is 1. The van der Waals surface area contributed by atoms with Gasteiger partial charge in [0, 0.05) is 27.5 Å². The van der Waals surface area contributed by atoms with Gasteiger partial charge >= 0.3 is 0 Å². The lowest BCUT2D eigenvalue weighted by Crippen LogP contribution is -2.01. The van der Waals surface area contributed by atoms with Gasteiger partial charge in [0.15, 0.2) is 17.5 Å². The average molecular weight is 730 g/mol. The molecular formula is C53H35N3O. The van der Waals surface area contributed by atoms with Crippen LogP contribution < -0.4 is 0 Å². The van der Waals surface area contributed by atoms with Crippen molar-refractivity contribution in [1.29, 1.82) is 0 Å². The second-order valence-electron chi connectivity index (χ2n) is 14.7. The Bertz CT molecular complexity index is 3250. The molecule has 0 aliphatic heterocycles. The van der Waals surface area contributed by atoms with E-state index in [2.05, 4.69) is 176 Å². The molecule has 0 spiro atoms. The first-order valence-corrected chi connectivity index (χ1v) is 19.5. The van der Waals surface area contributed by atoms with Crippen molar-refractivity contribution in [3.63, 3.8) is 0 Å². The normalized spacial score (nSPS) is 12.8. The molecule has 0 saturated heterocycles. The lowest BCUT2D eigenvalue weighted by molar-refractivity contribution is 0.669. The van der Waals surface area contributed by atoms with Gasteiger partial charge in [0.25, 0.3) is 0 Å². The van der Waals surface area contributed by atoms with Gasteiger partial charge < -0.3 is 4.42 Å². The molecule has 0 N–H and O–H groups in total. The number of nitrogens with zero attached hydrogens (tertiary/aromatic N) is 3. The number of aromatic nitrogens is 3. The molecule has 268 valence electrons. The van der Waals surface area contributed by atoms with Crippen LogP contribution in [0.15, 0.2) is 193 Å². The van der Waals surface area contributed by atoms with Gasteiger partial charge in [-0.1, -0.05) is 140 Å². The second kappa shape index (κ2) is 13.7. The van der Waals surface area contributed by atoms with Crippen molar-refractivity contribution in [2.75, 3.05) is 0 Å². The molecule has 8 aromatic carbocycles. The highest BCUT2D eigenvalue weighted by atomic mass is 16.3. The van der Waals surface area contributed by atoms with Crippen LogP contribution in [0, 0.1) is 0 Å². The summed E-state index contributed by atoms with van der Waals surface area (Å²) in [6, 6.07) is 59.8. The van der Waals surface area contributed by atoms with E-state index in [9.17, 15) is 0 Å². The Hall–Kier alpha value is -7.43. The second-order valence-corrected chi connectivity index (χ2v) is 14.7. The molecule has 0 fully saturated rings. The Morgan fingerprint density at radius 1 is 0.404 bits per heavy atom. The highest BCUT2D eigenvalue weighted by Crippen LogP contribution is 2.41. The number of benzene rings is 8. The minimum atomic E-state index is 0.592. The molecule has 0 saturated carbocycles. The van der Waals surface area contributed by atoms with E-state index in [1.807, 2.05) is 12.1 Å². The third-order valence-electron chi connectivity index (χ3n) is 11.1. The van der Waals surface area contributed by atoms with Crippen LogP contribution in [0.5, 0.6) is 0 Å². The molecule has 2 aromatic heterocycles. The van der Waals surface area contributed by atoms with Crippen LogP contribution in [0.3, 0.4) is 0 Å². The molecule has 0 radical (unpaired) electrons. The summed E-state index contributed by atoms with van der Waals surface area (Å²) in [5.41, 5.74) is 11.2. The van der Waals surface area contributed by atoms with E-state index >= 15 is 0 Å². The SMILES string of the molecule is C1=CCCC(c2cc(-c3ccccc3)cc(-c3nc(-c4ccc5ccccc5c4)nc(-c4cc(-c5ccc6ccccc6c5)cc5oc6ccccc6c45)n3)c2)=C1. The van der Waals surface area contributed by atoms with Gasteiger partial charge in [0.2, 0.25) is 0 Å². The van der Waals surface area contributed by atoms with Crippen LogP contribution in [-0.4, -0.2) is 15.0 Å². The number of hydrogen-bond acceptors (Lipinski definition) is 4. The van der Waals surface area contributed by atoms with E-state index in [4.69, 9.17) is 19.4 Å². The Balaban J connectivity index is 1.19. The predicted molar refractivity (Wildman–Crippen MR) is 236 cm³/mol. The Kier molecular flexibility index (Phi) is 7.92. The van der Waals surface area contributed by atoms with E-state index in [-0.39, 0.29) is 0 Å². The molecule has 1 aliphatic rings. The lowest BCUT2D eigenvalue weighted by Gasteiger charge is -2.15. The van der Waals surface area contributed by atoms with Crippen LogP contribution in [0.25, 0.3) is 105 Å². The maximum atomic E-state index is 6.61. The number of rotatable bonds is 6. The minimum absolute atomic E-state index is 0.592. The van der Waals surface area contributed by atoms with Crippen molar-refractivity contribution in [1.82, 2.24) is 15.0 Å². The van der Waals surface area contributed by atoms with Crippen LogP contribution in [0.1, 0.15) is 18.4 Å². The first-order chi connectivity index (χ1) is 28.2. The molecule has 2 heterocycles. The summed E-state index contributed by atoms with van der Waals surface area (Å²) < 4.78 is 6.61. The summed E-state index contributed by atoms with van der Waals surface area (Å²) in [4.78, 5) is 16.0. The smallest absolute Gasteiger partial charge is 0.164 e. The zero-order valence-corrected chi connectivity index (χ0v) is 31.1. The molecule has 0 atom stereocenters. The van der Waals surface area contributed by atoms with Crippen molar-refractivity contribution in [3.05, 3.63) is 194 Å². The summed E-state index contributed by atoms with van der Waals surface area (Å²) in [5.74, 6) is 1.82. The topological polar surface area (TPSA) is 51.8 Å². The van der Waals surface area contributed by atoms with Gasteiger partial charge in [0.1, 0.15) is 11.2 Å². The summed E-state index contributed by atoms with van der Waals surface area (Å²) >= 11 is 0. The summed E-state index contributed by atoms with van der Waals surface area (Å²) in [7, 11) is 0. The molecule has 57 heavy (non-hydrogen) atoms. The Morgan fingerprint density at radius 3 is 1.79 bits per heavy atom. The van der Waals surface area contributed by atoms with E-state index in [1.54, 1.807) is 0 Å². The highest BCUT2D eigenvalue weighted by Gasteiger charge is 2.21. The van der Waals surface area contributed by atoms with Gasteiger partial charge in [-0.3, -0.25) is 0 Å². The quantitative estimate of drug-likeness (QED) is 0.171. The number of hydrogen-bond donors (Lipinski definition) is 0. The molecule has 0 amide bonds. The molecule has 1 aliphatic carbocycles. The average Bonchev–Trinajstić information content (AvgIpc) is 3.67. The molecule has 10 aromatic rings. The van der Waals surface area contributed by atoms with Crippen LogP contribution in [0.4, 0.5) is 0 Å². The zero-order valence-electron chi connectivity index (χ0n) is 31.1. The van der Waals surface area contributed by atoms with Crippen molar-refractivity contribution in [2.45, 2.75) is 12.8 Å². The lowest BCUT2D eigenvalue weighted by atomic mass is 9.92. The van der Waals surface area contributed by atoms with Crippen LogP contribution >= 0.6 is 0 Å². The summed E-state index contributed by atoms with van der Waals surface area (Å²) in [5, 5.41) is 6.68. The first-order valence-electron chi connectivity index (χ1n) is 19.5. The first kappa shape index (κ1) is 33.0. The van der Waals surface area contributed by atoms with Crippen molar-refractivity contribution in [3.8, 4) is 56.4 Å². The molecule has 4 heteroatoms. The fraction of sp³-hybridized carbons (Fsp3) is 0.0377. The summed E-state index contributed by atoms with van der Waals surface area (Å²) in [6.45, 7) is 0. The van der Waals surface area contributed by atoms with E-state index in [0.717, 1.165) is 79.1 Å². The van der Waals surface area contributed by atoms with Crippen molar-refractivity contribution < 1.29 is 4.42 Å². The number of fused-ring (bicyclic) bond motifs is 5. The minimum Gasteiger partial charge on any atom is -0.456 e. The summed E-state index contributed by atoms with van der Waals surface area (Å²) in [6.07, 6.45) is 8.62. The molecule has 11 rings (SSSR count). The fourth-order valence-electron chi connectivity index (χ4n) is 8.23. The third-order valence-corrected chi connectivity index (χ3v) is 11.1. The molecule has 0 bridgehead atoms. The standard InChI is InChI=1S/C53H35N3O/c1-3-13-34(14-4-1)42-29-43(35-15-5-2-6-16-35)31-45(30-42)52-54-51(41-26-24-37-18-8-10-20-39(37)28-41)55-53(56-52)47-32-44(40-25-23-36-17-7-9-19-38(36)27-40)33-49-50(47)46-21-11-12-22-48(46)57-49/h1-5,7-15,17-33H,6,16H2. The molecular weight excluding hydrogens is 695 g/mol. The van der Waals surface area contributed by atoms with Gasteiger partial charge in [-0.25, -0.2) is 15.0 Å². The molecule has 0 unspecified atom stereocenters. The Morgan fingerprint density at radius 2 is 1.02 bits per heavy atom. The fourth-order valence-corrected chi connectivity index (χ4v) is 8.23. The maximum Gasteiger partial charge on any atom is 0.164 e. The highest BCUT2D eigenvalue weighted by molar-refractivity contribution is 6.13. The van der Waals surface area contributed by atoms with Crippen molar-refractivity contribution in [2.24, 2.45) is 0 Å². The van der Waals surface area contributed by atoms with Gasteiger partial charge in [-0.2, -0.15) is 0 Å².